The number of fused-ring (bicyclic) bond motifs is 2. The second-order valence-corrected chi connectivity index (χ2v) is 8.89. The average molecular weight is 445 g/mol. The van der Waals surface area contributed by atoms with Crippen molar-refractivity contribution < 1.29 is 4.79 Å². The first kappa shape index (κ1) is 20.3. The lowest BCUT2D eigenvalue weighted by atomic mass is 10.1. The van der Waals surface area contributed by atoms with E-state index in [1.807, 2.05) is 60.7 Å². The number of rotatable bonds is 3. The van der Waals surface area contributed by atoms with Gasteiger partial charge in [-0.3, -0.25) is 14.2 Å². The van der Waals surface area contributed by atoms with E-state index in [1.165, 1.54) is 4.57 Å². The van der Waals surface area contributed by atoms with Crippen molar-refractivity contribution in [3.8, 4) is 6.07 Å². The van der Waals surface area contributed by atoms with Crippen LogP contribution in [0.15, 0.2) is 69.1 Å². The van der Waals surface area contributed by atoms with E-state index >= 15 is 0 Å². The van der Waals surface area contributed by atoms with Gasteiger partial charge in [0.2, 0.25) is 5.91 Å². The highest BCUT2D eigenvalue weighted by atomic mass is 32.2. The highest BCUT2D eigenvalue weighted by Gasteiger charge is 2.33. The molecule has 0 spiro atoms. The molecule has 160 valence electrons. The quantitative estimate of drug-likeness (QED) is 0.620. The molecule has 32 heavy (non-hydrogen) atoms. The second-order valence-electron chi connectivity index (χ2n) is 7.83. The normalized spacial score (nSPS) is 16.8. The summed E-state index contributed by atoms with van der Waals surface area (Å²) in [6.45, 7) is 0.0438. The van der Waals surface area contributed by atoms with Crippen molar-refractivity contribution in [3.63, 3.8) is 0 Å². The van der Waals surface area contributed by atoms with E-state index < -0.39 is 17.8 Å². The number of thioether (sulfide) groups is 1. The van der Waals surface area contributed by atoms with Gasteiger partial charge in [0, 0.05) is 22.9 Å². The van der Waals surface area contributed by atoms with Crippen molar-refractivity contribution in [2.24, 2.45) is 0 Å². The Morgan fingerprint density at radius 1 is 1.09 bits per heavy atom. The zero-order valence-corrected chi connectivity index (χ0v) is 18.0. The number of nitriles is 1. The fourth-order valence-corrected chi connectivity index (χ4v) is 5.69. The molecule has 2 aromatic carbocycles. The standard InChI is InChI=1S/C24H20N4O3S/c25-13-17-18-10-6-12-26(18)24(31)27(23(17)30)14-22(29)28-19-9-4-5-11-21(19)32-15-20(28)16-7-2-1-3-8-16/h1-5,7-9,11,20H,6,10,12,14-15H2/t20-/m0/s1. The van der Waals surface area contributed by atoms with E-state index in [1.54, 1.807) is 16.7 Å². The molecular formula is C24H20N4O3S. The van der Waals surface area contributed by atoms with Crippen LogP contribution >= 0.6 is 11.8 Å². The van der Waals surface area contributed by atoms with E-state index in [0.29, 0.717) is 30.8 Å². The molecule has 0 saturated carbocycles. The van der Waals surface area contributed by atoms with Crippen LogP contribution in [0.2, 0.25) is 0 Å². The van der Waals surface area contributed by atoms with Gasteiger partial charge in [-0.25, -0.2) is 9.36 Å². The molecule has 2 aliphatic heterocycles. The molecule has 0 fully saturated rings. The predicted octanol–water partition coefficient (Wildman–Crippen LogP) is 2.71. The van der Waals surface area contributed by atoms with Crippen molar-refractivity contribution >= 4 is 23.4 Å². The van der Waals surface area contributed by atoms with Crippen LogP contribution in [0.5, 0.6) is 0 Å². The summed E-state index contributed by atoms with van der Waals surface area (Å²) in [7, 11) is 0. The van der Waals surface area contributed by atoms with E-state index in [-0.39, 0.29) is 17.5 Å². The van der Waals surface area contributed by atoms with E-state index in [2.05, 4.69) is 0 Å². The number of anilines is 1. The Bertz CT molecular complexity index is 1370. The molecule has 1 aromatic heterocycles. The Hall–Kier alpha value is -3.57. The number of carbonyl (C=O) groups is 1. The van der Waals surface area contributed by atoms with Gasteiger partial charge < -0.3 is 4.90 Å². The Morgan fingerprint density at radius 2 is 1.84 bits per heavy atom. The van der Waals surface area contributed by atoms with Crippen LogP contribution in [0.25, 0.3) is 0 Å². The van der Waals surface area contributed by atoms with E-state index in [9.17, 15) is 19.6 Å². The summed E-state index contributed by atoms with van der Waals surface area (Å²) in [5.41, 5.74) is 0.980. The minimum Gasteiger partial charge on any atom is -0.301 e. The lowest BCUT2D eigenvalue weighted by molar-refractivity contribution is -0.119. The summed E-state index contributed by atoms with van der Waals surface area (Å²) in [6, 6.07) is 19.1. The van der Waals surface area contributed by atoms with Crippen molar-refractivity contribution in [2.45, 2.75) is 36.9 Å². The molecule has 1 atom stereocenters. The number of nitrogens with zero attached hydrogens (tertiary/aromatic N) is 4. The Morgan fingerprint density at radius 3 is 2.62 bits per heavy atom. The third-order valence-corrected chi connectivity index (χ3v) is 7.16. The SMILES string of the molecule is N#Cc1c2n(c(=O)n(CC(=O)N3c4ccccc4SC[C@H]3c3ccccc3)c1=O)CCC2. The van der Waals surface area contributed by atoms with Gasteiger partial charge in [-0.1, -0.05) is 42.5 Å². The summed E-state index contributed by atoms with van der Waals surface area (Å²) in [5.74, 6) is 0.308. The first-order chi connectivity index (χ1) is 15.6. The van der Waals surface area contributed by atoms with Gasteiger partial charge >= 0.3 is 5.69 Å². The molecule has 0 unspecified atom stereocenters. The molecule has 3 aromatic rings. The van der Waals surface area contributed by atoms with Gasteiger partial charge in [0.1, 0.15) is 18.2 Å². The zero-order chi connectivity index (χ0) is 22.2. The van der Waals surface area contributed by atoms with Crippen molar-refractivity contribution in [1.82, 2.24) is 9.13 Å². The van der Waals surface area contributed by atoms with Crippen LogP contribution in [0.1, 0.15) is 29.3 Å². The monoisotopic (exact) mass is 444 g/mol. The summed E-state index contributed by atoms with van der Waals surface area (Å²) in [4.78, 5) is 42.3. The number of carbonyl (C=O) groups excluding carboxylic acids is 1. The van der Waals surface area contributed by atoms with Crippen LogP contribution in [-0.2, 0) is 24.3 Å². The van der Waals surface area contributed by atoms with Crippen LogP contribution in [0.4, 0.5) is 5.69 Å². The molecule has 0 bridgehead atoms. The highest BCUT2D eigenvalue weighted by molar-refractivity contribution is 7.99. The zero-order valence-electron chi connectivity index (χ0n) is 17.2. The lowest BCUT2D eigenvalue weighted by Gasteiger charge is -2.37. The number of amides is 1. The molecular weight excluding hydrogens is 424 g/mol. The average Bonchev–Trinajstić information content (AvgIpc) is 3.31. The van der Waals surface area contributed by atoms with Gasteiger partial charge in [0.25, 0.3) is 5.56 Å². The third kappa shape index (κ3) is 3.26. The molecule has 0 N–H and O–H groups in total. The van der Waals surface area contributed by atoms with Crippen LogP contribution < -0.4 is 16.1 Å². The van der Waals surface area contributed by atoms with Crippen molar-refractivity contribution in [3.05, 3.63) is 92.3 Å². The Labute approximate surface area is 188 Å². The maximum Gasteiger partial charge on any atom is 0.331 e. The van der Waals surface area contributed by atoms with Crippen LogP contribution in [-0.4, -0.2) is 20.8 Å². The number of aromatic nitrogens is 2. The minimum absolute atomic E-state index is 0.0379. The minimum atomic E-state index is -0.685. The summed E-state index contributed by atoms with van der Waals surface area (Å²) >= 11 is 1.68. The Kier molecular flexibility index (Phi) is 5.19. The molecule has 2 aliphatic rings. The van der Waals surface area contributed by atoms with Crippen LogP contribution in [0, 0.1) is 11.3 Å². The second kappa shape index (κ2) is 8.17. The lowest BCUT2D eigenvalue weighted by Crippen LogP contribution is -2.47. The van der Waals surface area contributed by atoms with Crippen molar-refractivity contribution in [1.29, 1.82) is 5.26 Å². The molecule has 3 heterocycles. The molecule has 0 radical (unpaired) electrons. The number of benzene rings is 2. The summed E-state index contributed by atoms with van der Waals surface area (Å²) < 4.78 is 2.38. The Balaban J connectivity index is 1.60. The van der Waals surface area contributed by atoms with Crippen LogP contribution in [0.3, 0.4) is 0 Å². The van der Waals surface area contributed by atoms with Gasteiger partial charge in [0.05, 0.1) is 11.7 Å². The topological polar surface area (TPSA) is 88.1 Å². The summed E-state index contributed by atoms with van der Waals surface area (Å²) in [6.07, 6.45) is 1.23. The van der Waals surface area contributed by atoms with Gasteiger partial charge in [0.15, 0.2) is 0 Å². The van der Waals surface area contributed by atoms with Crippen molar-refractivity contribution in [2.75, 3.05) is 10.7 Å². The third-order valence-electron chi connectivity index (χ3n) is 6.02. The fraction of sp³-hybridized carbons (Fsp3) is 0.250. The molecule has 0 aliphatic carbocycles. The predicted molar refractivity (Wildman–Crippen MR) is 122 cm³/mol. The van der Waals surface area contributed by atoms with Gasteiger partial charge in [-0.2, -0.15) is 5.26 Å². The first-order valence-corrected chi connectivity index (χ1v) is 11.4. The maximum absolute atomic E-state index is 13.6. The largest absolute Gasteiger partial charge is 0.331 e. The number of hydrogen-bond donors (Lipinski definition) is 0. The van der Waals surface area contributed by atoms with E-state index in [4.69, 9.17) is 0 Å². The first-order valence-electron chi connectivity index (χ1n) is 10.5. The van der Waals surface area contributed by atoms with E-state index in [0.717, 1.165) is 20.7 Å². The highest BCUT2D eigenvalue weighted by Crippen LogP contribution is 2.43. The smallest absolute Gasteiger partial charge is 0.301 e. The van der Waals surface area contributed by atoms with Gasteiger partial charge in [-0.05, 0) is 30.5 Å². The number of hydrogen-bond acceptors (Lipinski definition) is 5. The molecule has 1 amide bonds. The number of para-hydroxylation sites is 1. The summed E-state index contributed by atoms with van der Waals surface area (Å²) in [5, 5.41) is 9.52. The fourth-order valence-electron chi connectivity index (χ4n) is 4.52. The molecule has 7 nitrogen and oxygen atoms in total. The maximum atomic E-state index is 13.6. The molecule has 5 rings (SSSR count). The molecule has 8 heteroatoms. The van der Waals surface area contributed by atoms with Gasteiger partial charge in [-0.15, -0.1) is 11.8 Å². The molecule has 0 saturated heterocycles.